The average molecular weight is 719 g/mol. The average Bonchev–Trinajstić information content (AvgIpc) is 3.44. The number of hydrogen-bond acceptors (Lipinski definition) is 6. The highest BCUT2D eigenvalue weighted by molar-refractivity contribution is 6.30. The van der Waals surface area contributed by atoms with E-state index in [4.69, 9.17) is 11.6 Å². The second-order valence-electron chi connectivity index (χ2n) is 13.8. The molecule has 3 aliphatic heterocycles. The third-order valence-electron chi connectivity index (χ3n) is 10.5. The highest BCUT2D eigenvalue weighted by atomic mass is 35.5. The molecule has 4 aromatic rings. The van der Waals surface area contributed by atoms with Crippen molar-refractivity contribution in [2.45, 2.75) is 56.4 Å². The van der Waals surface area contributed by atoms with Gasteiger partial charge in [0, 0.05) is 43.3 Å². The summed E-state index contributed by atoms with van der Waals surface area (Å²) in [7, 11) is 0. The summed E-state index contributed by atoms with van der Waals surface area (Å²) in [6, 6.07) is 33.5. The van der Waals surface area contributed by atoms with Gasteiger partial charge < -0.3 is 30.7 Å². The minimum atomic E-state index is -0.911. The fraction of sp³-hybridized carbons (Fsp3) is 0.317. The Morgan fingerprint density at radius 1 is 0.827 bits per heavy atom. The lowest BCUT2D eigenvalue weighted by Crippen LogP contribution is -2.60. The third-order valence-corrected chi connectivity index (χ3v) is 10.8. The van der Waals surface area contributed by atoms with Crippen molar-refractivity contribution in [3.05, 3.63) is 136 Å². The Bertz CT molecular complexity index is 1900. The minimum Gasteiger partial charge on any atom is -0.350 e. The van der Waals surface area contributed by atoms with E-state index in [2.05, 4.69) is 26.9 Å². The molecule has 0 bridgehead atoms. The highest BCUT2D eigenvalue weighted by Crippen LogP contribution is 2.39. The molecule has 11 heteroatoms. The second kappa shape index (κ2) is 15.6. The van der Waals surface area contributed by atoms with Crippen molar-refractivity contribution in [2.75, 3.05) is 31.2 Å². The number of piperidine rings is 1. The quantitative estimate of drug-likeness (QED) is 0.228. The van der Waals surface area contributed by atoms with Gasteiger partial charge in [0.25, 0.3) is 5.91 Å². The number of amides is 4. The maximum atomic E-state index is 14.3. The van der Waals surface area contributed by atoms with Crippen LogP contribution in [0, 0.1) is 0 Å². The van der Waals surface area contributed by atoms with E-state index >= 15 is 0 Å². The van der Waals surface area contributed by atoms with Gasteiger partial charge in [-0.2, -0.15) is 0 Å². The molecule has 2 fully saturated rings. The first kappa shape index (κ1) is 35.2. The van der Waals surface area contributed by atoms with Crippen LogP contribution in [-0.4, -0.2) is 77.4 Å². The van der Waals surface area contributed by atoms with Crippen molar-refractivity contribution in [3.8, 4) is 0 Å². The molecule has 52 heavy (non-hydrogen) atoms. The predicted octanol–water partition coefficient (Wildman–Crippen LogP) is 4.07. The summed E-state index contributed by atoms with van der Waals surface area (Å²) in [5.41, 5.74) is 4.12. The van der Waals surface area contributed by atoms with Gasteiger partial charge in [-0.1, -0.05) is 96.5 Å². The van der Waals surface area contributed by atoms with Gasteiger partial charge in [-0.05, 0) is 65.8 Å². The third kappa shape index (κ3) is 7.68. The van der Waals surface area contributed by atoms with Crippen LogP contribution in [0.3, 0.4) is 0 Å². The van der Waals surface area contributed by atoms with Crippen LogP contribution >= 0.6 is 11.6 Å². The Labute approximate surface area is 309 Å². The van der Waals surface area contributed by atoms with Crippen LogP contribution in [0.25, 0.3) is 0 Å². The first-order valence-corrected chi connectivity index (χ1v) is 18.2. The summed E-state index contributed by atoms with van der Waals surface area (Å²) in [5.74, 6) is -0.763. The number of carbonyl (C=O) groups excluding carboxylic acids is 4. The molecule has 2 saturated heterocycles. The van der Waals surface area contributed by atoms with Crippen LogP contribution in [0.5, 0.6) is 0 Å². The van der Waals surface area contributed by atoms with E-state index in [9.17, 15) is 19.2 Å². The predicted molar refractivity (Wildman–Crippen MR) is 200 cm³/mol. The normalized spacial score (nSPS) is 18.5. The molecule has 0 aliphatic carbocycles. The lowest BCUT2D eigenvalue weighted by atomic mass is 9.85. The lowest BCUT2D eigenvalue weighted by molar-refractivity contribution is -0.141. The van der Waals surface area contributed by atoms with Gasteiger partial charge in [0.2, 0.25) is 17.7 Å². The zero-order valence-corrected chi connectivity index (χ0v) is 29.7. The number of anilines is 1. The molecule has 1 spiro atoms. The number of rotatable bonds is 10. The smallest absolute Gasteiger partial charge is 0.250 e. The summed E-state index contributed by atoms with van der Waals surface area (Å²) >= 11 is 6.16. The van der Waals surface area contributed by atoms with Crippen LogP contribution in [0.4, 0.5) is 5.69 Å². The fourth-order valence-electron chi connectivity index (χ4n) is 7.63. The molecule has 2 atom stereocenters. The lowest BCUT2D eigenvalue weighted by Gasteiger charge is -2.44. The van der Waals surface area contributed by atoms with E-state index in [1.54, 1.807) is 21.9 Å². The van der Waals surface area contributed by atoms with Crippen molar-refractivity contribution < 1.29 is 19.2 Å². The molecule has 0 saturated carbocycles. The first-order chi connectivity index (χ1) is 25.3. The number of halogens is 1. The molecule has 3 heterocycles. The molecule has 4 amide bonds. The topological polar surface area (TPSA) is 114 Å². The van der Waals surface area contributed by atoms with Crippen LogP contribution in [0.1, 0.15) is 35.1 Å². The number of fused-ring (bicyclic) bond motifs is 1. The molecule has 0 aromatic heterocycles. The van der Waals surface area contributed by atoms with Gasteiger partial charge in [-0.3, -0.25) is 19.2 Å². The monoisotopic (exact) mass is 718 g/mol. The standard InChI is InChI=1S/C41H43ClN6O4/c42-33-17-15-29(16-18-33)23-36(45-38(50)35-24-31-11-7-8-12-32(31)26-43-35)39(51)46-21-19-41(20-22-46)40(52)47(28-48(41)34-13-5-2-6-14-34)27-37(49)44-25-30-9-3-1-4-10-30/h1-18,35-36,43H,19-28H2,(H,44,49)(H,45,50). The first-order valence-electron chi connectivity index (χ1n) is 17.9. The Kier molecular flexibility index (Phi) is 10.6. The number of carbonyl (C=O) groups is 4. The maximum absolute atomic E-state index is 14.3. The van der Waals surface area contributed by atoms with Crippen LogP contribution in [-0.2, 0) is 45.1 Å². The van der Waals surface area contributed by atoms with Gasteiger partial charge in [0.15, 0.2) is 0 Å². The summed E-state index contributed by atoms with van der Waals surface area (Å²) in [6.45, 7) is 1.81. The van der Waals surface area contributed by atoms with E-state index in [0.717, 1.165) is 22.4 Å². The van der Waals surface area contributed by atoms with E-state index < -0.39 is 17.6 Å². The number of nitrogens with zero attached hydrogens (tertiary/aromatic N) is 3. The Morgan fingerprint density at radius 2 is 1.48 bits per heavy atom. The van der Waals surface area contributed by atoms with Gasteiger partial charge >= 0.3 is 0 Å². The zero-order valence-electron chi connectivity index (χ0n) is 29.0. The van der Waals surface area contributed by atoms with Crippen LogP contribution in [0.2, 0.25) is 5.02 Å². The van der Waals surface area contributed by atoms with Crippen molar-refractivity contribution in [2.24, 2.45) is 0 Å². The molecule has 3 N–H and O–H groups in total. The van der Waals surface area contributed by atoms with E-state index in [1.807, 2.05) is 91.0 Å². The second-order valence-corrected chi connectivity index (χ2v) is 14.3. The number of hydrogen-bond donors (Lipinski definition) is 3. The minimum absolute atomic E-state index is 0.0612. The summed E-state index contributed by atoms with van der Waals surface area (Å²) in [4.78, 5) is 60.8. The summed E-state index contributed by atoms with van der Waals surface area (Å²) in [6.07, 6.45) is 1.61. The number of para-hydroxylation sites is 1. The molecular weight excluding hydrogens is 676 g/mol. The van der Waals surface area contributed by atoms with E-state index in [1.165, 1.54) is 5.56 Å². The van der Waals surface area contributed by atoms with Crippen molar-refractivity contribution in [1.29, 1.82) is 0 Å². The van der Waals surface area contributed by atoms with E-state index in [-0.39, 0.29) is 36.8 Å². The fourth-order valence-corrected chi connectivity index (χ4v) is 7.76. The number of benzene rings is 4. The van der Waals surface area contributed by atoms with E-state index in [0.29, 0.717) is 56.9 Å². The molecule has 2 unspecified atom stereocenters. The molecular formula is C41H43ClN6O4. The number of nitrogens with one attached hydrogen (secondary N) is 3. The Morgan fingerprint density at radius 3 is 2.19 bits per heavy atom. The summed E-state index contributed by atoms with van der Waals surface area (Å²) in [5, 5.41) is 9.95. The van der Waals surface area contributed by atoms with Gasteiger partial charge in [0.05, 0.1) is 12.7 Å². The zero-order chi connectivity index (χ0) is 36.1. The van der Waals surface area contributed by atoms with Crippen molar-refractivity contribution >= 4 is 40.9 Å². The molecule has 268 valence electrons. The van der Waals surface area contributed by atoms with Crippen LogP contribution in [0.15, 0.2) is 109 Å². The maximum Gasteiger partial charge on any atom is 0.250 e. The van der Waals surface area contributed by atoms with Crippen LogP contribution < -0.4 is 20.9 Å². The highest BCUT2D eigenvalue weighted by Gasteiger charge is 2.54. The molecule has 10 nitrogen and oxygen atoms in total. The van der Waals surface area contributed by atoms with Gasteiger partial charge in [-0.25, -0.2) is 0 Å². The number of likely N-dealkylation sites (tertiary alicyclic amines) is 1. The van der Waals surface area contributed by atoms with Crippen molar-refractivity contribution in [3.63, 3.8) is 0 Å². The van der Waals surface area contributed by atoms with Crippen molar-refractivity contribution in [1.82, 2.24) is 25.8 Å². The van der Waals surface area contributed by atoms with Gasteiger partial charge in [0.1, 0.15) is 18.1 Å². The Balaban J connectivity index is 1.06. The summed E-state index contributed by atoms with van der Waals surface area (Å²) < 4.78 is 0. The Hall–Kier alpha value is -5.19. The molecule has 4 aromatic carbocycles. The SMILES string of the molecule is O=C(CN1CN(c2ccccc2)C2(CCN(C(=O)C(Cc3ccc(Cl)cc3)NC(=O)C3Cc4ccccc4CN3)CC2)C1=O)NCc1ccccc1. The molecule has 7 rings (SSSR count). The molecule has 0 radical (unpaired) electrons. The van der Waals surface area contributed by atoms with Gasteiger partial charge in [-0.15, -0.1) is 0 Å². The molecule has 3 aliphatic rings. The largest absolute Gasteiger partial charge is 0.350 e.